The van der Waals surface area contributed by atoms with Gasteiger partial charge in [0.05, 0.1) is 38.8 Å². The number of anilines is 1. The zero-order valence-corrected chi connectivity index (χ0v) is 10.6. The molecule has 1 atom stereocenters. The van der Waals surface area contributed by atoms with Gasteiger partial charge in [-0.1, -0.05) is 6.92 Å². The molecule has 0 bridgehead atoms. The standard InChI is InChI=1S/C12H17N3O3/c1-3-9-8-18-5-4-15(9)11-7-13-10(6-14-11)12(16)17-2/h6-7,9H,3-5,8H2,1-2H3. The quantitative estimate of drug-likeness (QED) is 0.743. The summed E-state index contributed by atoms with van der Waals surface area (Å²) in [5.41, 5.74) is 0.225. The van der Waals surface area contributed by atoms with E-state index in [2.05, 4.69) is 26.5 Å². The Morgan fingerprint density at radius 2 is 2.39 bits per heavy atom. The fourth-order valence-corrected chi connectivity index (χ4v) is 1.97. The molecule has 0 aliphatic carbocycles. The molecule has 98 valence electrons. The number of hydrogen-bond acceptors (Lipinski definition) is 6. The van der Waals surface area contributed by atoms with Crippen molar-refractivity contribution < 1.29 is 14.3 Å². The van der Waals surface area contributed by atoms with Gasteiger partial charge in [0.1, 0.15) is 5.82 Å². The molecule has 1 saturated heterocycles. The van der Waals surface area contributed by atoms with E-state index in [-0.39, 0.29) is 5.69 Å². The predicted molar refractivity (Wildman–Crippen MR) is 65.6 cm³/mol. The molecule has 2 rings (SSSR count). The van der Waals surface area contributed by atoms with E-state index in [4.69, 9.17) is 4.74 Å². The lowest BCUT2D eigenvalue weighted by atomic mass is 10.2. The maximum Gasteiger partial charge on any atom is 0.358 e. The minimum absolute atomic E-state index is 0.225. The number of aromatic nitrogens is 2. The highest BCUT2D eigenvalue weighted by atomic mass is 16.5. The normalized spacial score (nSPS) is 19.7. The maximum atomic E-state index is 11.3. The second-order valence-electron chi connectivity index (χ2n) is 4.08. The Hall–Kier alpha value is -1.69. The summed E-state index contributed by atoms with van der Waals surface area (Å²) in [5, 5.41) is 0. The molecule has 1 fully saturated rings. The van der Waals surface area contributed by atoms with Gasteiger partial charge in [0.15, 0.2) is 5.69 Å². The zero-order chi connectivity index (χ0) is 13.0. The van der Waals surface area contributed by atoms with Gasteiger partial charge in [0.2, 0.25) is 0 Å². The number of ether oxygens (including phenoxy) is 2. The molecular formula is C12H17N3O3. The van der Waals surface area contributed by atoms with Gasteiger partial charge in [-0.25, -0.2) is 14.8 Å². The number of rotatable bonds is 3. The summed E-state index contributed by atoms with van der Waals surface area (Å²) in [6.45, 7) is 4.31. The molecule has 6 heteroatoms. The molecule has 6 nitrogen and oxygen atoms in total. The van der Waals surface area contributed by atoms with Crippen molar-refractivity contribution in [2.75, 3.05) is 31.8 Å². The maximum absolute atomic E-state index is 11.3. The van der Waals surface area contributed by atoms with Gasteiger partial charge in [-0.15, -0.1) is 0 Å². The van der Waals surface area contributed by atoms with Crippen molar-refractivity contribution in [2.24, 2.45) is 0 Å². The van der Waals surface area contributed by atoms with Crippen molar-refractivity contribution in [1.29, 1.82) is 0 Å². The van der Waals surface area contributed by atoms with Gasteiger partial charge < -0.3 is 14.4 Å². The molecule has 1 aromatic heterocycles. The first-order valence-corrected chi connectivity index (χ1v) is 6.01. The topological polar surface area (TPSA) is 64.5 Å². The predicted octanol–water partition coefficient (Wildman–Crippen LogP) is 0.878. The summed E-state index contributed by atoms with van der Waals surface area (Å²) in [7, 11) is 1.33. The first-order valence-electron chi connectivity index (χ1n) is 6.01. The SMILES string of the molecule is CCC1COCCN1c1cnc(C(=O)OC)cn1. The van der Waals surface area contributed by atoms with E-state index in [1.807, 2.05) is 0 Å². The van der Waals surface area contributed by atoms with Crippen LogP contribution in [0, 0.1) is 0 Å². The molecular weight excluding hydrogens is 234 g/mol. The van der Waals surface area contributed by atoms with Gasteiger partial charge in [-0.05, 0) is 6.42 Å². The molecule has 2 heterocycles. The van der Waals surface area contributed by atoms with Crippen LogP contribution in [0.5, 0.6) is 0 Å². The first-order chi connectivity index (χ1) is 8.76. The Kier molecular flexibility index (Phi) is 4.09. The van der Waals surface area contributed by atoms with Crippen LogP contribution in [-0.4, -0.2) is 48.8 Å². The summed E-state index contributed by atoms with van der Waals surface area (Å²) < 4.78 is 10.0. The minimum atomic E-state index is -0.469. The molecule has 0 radical (unpaired) electrons. The fourth-order valence-electron chi connectivity index (χ4n) is 1.97. The van der Waals surface area contributed by atoms with Crippen LogP contribution in [0.2, 0.25) is 0 Å². The Balaban J connectivity index is 2.15. The third kappa shape index (κ3) is 2.59. The highest BCUT2D eigenvalue weighted by Crippen LogP contribution is 2.18. The number of hydrogen-bond donors (Lipinski definition) is 0. The van der Waals surface area contributed by atoms with E-state index < -0.39 is 5.97 Å². The third-order valence-electron chi connectivity index (χ3n) is 3.03. The molecule has 18 heavy (non-hydrogen) atoms. The van der Waals surface area contributed by atoms with Crippen LogP contribution in [0.25, 0.3) is 0 Å². The minimum Gasteiger partial charge on any atom is -0.464 e. The molecule has 1 unspecified atom stereocenters. The van der Waals surface area contributed by atoms with Crippen molar-refractivity contribution in [3.63, 3.8) is 0 Å². The monoisotopic (exact) mass is 251 g/mol. The summed E-state index contributed by atoms with van der Waals surface area (Å²) in [4.78, 5) is 21.8. The summed E-state index contributed by atoms with van der Waals surface area (Å²) in [5.74, 6) is 0.306. The molecule has 0 saturated carbocycles. The fraction of sp³-hybridized carbons (Fsp3) is 0.583. The van der Waals surface area contributed by atoms with Crippen LogP contribution in [0.1, 0.15) is 23.8 Å². The number of carbonyl (C=O) groups excluding carboxylic acids is 1. The Morgan fingerprint density at radius 3 is 3.00 bits per heavy atom. The van der Waals surface area contributed by atoms with Crippen LogP contribution in [0.15, 0.2) is 12.4 Å². The van der Waals surface area contributed by atoms with E-state index in [0.717, 1.165) is 18.8 Å². The van der Waals surface area contributed by atoms with E-state index in [1.54, 1.807) is 6.20 Å². The lowest BCUT2D eigenvalue weighted by Crippen LogP contribution is -2.45. The van der Waals surface area contributed by atoms with Crippen molar-refractivity contribution in [3.05, 3.63) is 18.1 Å². The smallest absolute Gasteiger partial charge is 0.358 e. The first kappa shape index (κ1) is 12.8. The number of methoxy groups -OCH3 is 1. The second kappa shape index (κ2) is 5.77. The average Bonchev–Trinajstić information content (AvgIpc) is 2.46. The van der Waals surface area contributed by atoms with E-state index in [9.17, 15) is 4.79 Å². The Morgan fingerprint density at radius 1 is 1.56 bits per heavy atom. The summed E-state index contributed by atoms with van der Waals surface area (Å²) in [6, 6.07) is 0.317. The average molecular weight is 251 g/mol. The van der Waals surface area contributed by atoms with Crippen molar-refractivity contribution in [2.45, 2.75) is 19.4 Å². The highest BCUT2D eigenvalue weighted by molar-refractivity contribution is 5.86. The second-order valence-corrected chi connectivity index (χ2v) is 4.08. The van der Waals surface area contributed by atoms with Gasteiger partial charge in [0, 0.05) is 6.54 Å². The Labute approximate surface area is 106 Å². The third-order valence-corrected chi connectivity index (χ3v) is 3.03. The molecule has 1 aromatic rings. The molecule has 1 aliphatic heterocycles. The molecule has 1 aliphatic rings. The van der Waals surface area contributed by atoms with Crippen molar-refractivity contribution in [3.8, 4) is 0 Å². The van der Waals surface area contributed by atoms with E-state index in [0.29, 0.717) is 19.3 Å². The van der Waals surface area contributed by atoms with E-state index >= 15 is 0 Å². The van der Waals surface area contributed by atoms with Crippen LogP contribution in [0.4, 0.5) is 5.82 Å². The number of esters is 1. The van der Waals surface area contributed by atoms with Crippen molar-refractivity contribution >= 4 is 11.8 Å². The van der Waals surface area contributed by atoms with Gasteiger partial charge >= 0.3 is 5.97 Å². The van der Waals surface area contributed by atoms with Crippen molar-refractivity contribution in [1.82, 2.24) is 9.97 Å². The van der Waals surface area contributed by atoms with Crippen LogP contribution < -0.4 is 4.90 Å². The number of nitrogens with zero attached hydrogens (tertiary/aromatic N) is 3. The summed E-state index contributed by atoms with van der Waals surface area (Å²) >= 11 is 0. The lowest BCUT2D eigenvalue weighted by Gasteiger charge is -2.35. The molecule has 0 aromatic carbocycles. The number of morpholine rings is 1. The van der Waals surface area contributed by atoms with Gasteiger partial charge in [0.25, 0.3) is 0 Å². The molecule has 0 N–H and O–H groups in total. The molecule has 0 spiro atoms. The van der Waals surface area contributed by atoms with Crippen LogP contribution in [0.3, 0.4) is 0 Å². The molecule has 0 amide bonds. The number of carbonyl (C=O) groups is 1. The van der Waals surface area contributed by atoms with Gasteiger partial charge in [-0.3, -0.25) is 0 Å². The van der Waals surface area contributed by atoms with Crippen LogP contribution in [-0.2, 0) is 9.47 Å². The Bertz CT molecular complexity index is 408. The van der Waals surface area contributed by atoms with E-state index in [1.165, 1.54) is 13.3 Å². The lowest BCUT2D eigenvalue weighted by molar-refractivity contribution is 0.0593. The zero-order valence-electron chi connectivity index (χ0n) is 10.6. The largest absolute Gasteiger partial charge is 0.464 e. The van der Waals surface area contributed by atoms with Gasteiger partial charge in [-0.2, -0.15) is 0 Å². The highest BCUT2D eigenvalue weighted by Gasteiger charge is 2.23. The van der Waals surface area contributed by atoms with Crippen LogP contribution >= 0.6 is 0 Å². The summed E-state index contributed by atoms with van der Waals surface area (Å²) in [6.07, 6.45) is 4.05.